The zero-order valence-corrected chi connectivity index (χ0v) is 10.7. The van der Waals surface area contributed by atoms with Crippen molar-refractivity contribution in [3.8, 4) is 0 Å². The normalized spacial score (nSPS) is 12.2. The summed E-state index contributed by atoms with van der Waals surface area (Å²) in [5, 5.41) is 12.1. The number of nitrogens with zero attached hydrogens (tertiary/aromatic N) is 1. The Hall–Kier alpha value is -0.940. The molecule has 1 atom stereocenters. The second-order valence-electron chi connectivity index (χ2n) is 3.51. The van der Waals surface area contributed by atoms with Crippen LogP contribution in [0.25, 0.3) is 0 Å². The SMILES string of the molecule is CCCC(O)CNC(=O)c1ccc(Br)cn1. The number of pyridine rings is 1. The lowest BCUT2D eigenvalue weighted by atomic mass is 10.2. The van der Waals surface area contributed by atoms with Gasteiger partial charge in [-0.1, -0.05) is 13.3 Å². The van der Waals surface area contributed by atoms with E-state index in [9.17, 15) is 9.90 Å². The van der Waals surface area contributed by atoms with Gasteiger partial charge in [-0.2, -0.15) is 0 Å². The van der Waals surface area contributed by atoms with Gasteiger partial charge in [0.2, 0.25) is 0 Å². The maximum absolute atomic E-state index is 11.6. The Labute approximate surface area is 103 Å². The molecule has 4 nitrogen and oxygen atoms in total. The minimum absolute atomic E-state index is 0.261. The van der Waals surface area contributed by atoms with Crippen LogP contribution in [0.15, 0.2) is 22.8 Å². The van der Waals surface area contributed by atoms with E-state index in [4.69, 9.17) is 0 Å². The predicted octanol–water partition coefficient (Wildman–Crippen LogP) is 1.73. The molecule has 16 heavy (non-hydrogen) atoms. The van der Waals surface area contributed by atoms with Crippen LogP contribution in [0.2, 0.25) is 0 Å². The molecule has 0 saturated heterocycles. The summed E-state index contributed by atoms with van der Waals surface area (Å²) in [6.45, 7) is 2.26. The molecule has 0 aliphatic heterocycles. The molecule has 0 radical (unpaired) electrons. The largest absolute Gasteiger partial charge is 0.391 e. The third kappa shape index (κ3) is 4.28. The van der Waals surface area contributed by atoms with Crippen molar-refractivity contribution in [3.63, 3.8) is 0 Å². The number of aliphatic hydroxyl groups is 1. The molecule has 0 fully saturated rings. The van der Waals surface area contributed by atoms with Gasteiger partial charge in [0, 0.05) is 17.2 Å². The number of rotatable bonds is 5. The van der Waals surface area contributed by atoms with Crippen molar-refractivity contribution >= 4 is 21.8 Å². The summed E-state index contributed by atoms with van der Waals surface area (Å²) >= 11 is 3.24. The Bertz CT molecular complexity index is 340. The first kappa shape index (κ1) is 13.1. The summed E-state index contributed by atoms with van der Waals surface area (Å²) in [7, 11) is 0. The van der Waals surface area contributed by atoms with Crippen molar-refractivity contribution in [1.82, 2.24) is 10.3 Å². The quantitative estimate of drug-likeness (QED) is 0.867. The van der Waals surface area contributed by atoms with Crippen LogP contribution in [0.1, 0.15) is 30.3 Å². The molecule has 1 amide bonds. The Morgan fingerprint density at radius 3 is 2.94 bits per heavy atom. The number of hydrogen-bond donors (Lipinski definition) is 2. The third-order valence-corrected chi connectivity index (χ3v) is 2.55. The van der Waals surface area contributed by atoms with Crippen molar-refractivity contribution in [2.45, 2.75) is 25.9 Å². The van der Waals surface area contributed by atoms with Crippen LogP contribution in [0.4, 0.5) is 0 Å². The van der Waals surface area contributed by atoms with Gasteiger partial charge >= 0.3 is 0 Å². The number of hydrogen-bond acceptors (Lipinski definition) is 3. The average Bonchev–Trinajstić information content (AvgIpc) is 2.27. The highest BCUT2D eigenvalue weighted by Gasteiger charge is 2.09. The molecule has 0 saturated carbocycles. The molecular formula is C11H15BrN2O2. The van der Waals surface area contributed by atoms with Crippen molar-refractivity contribution in [2.75, 3.05) is 6.54 Å². The molecule has 0 spiro atoms. The first-order chi connectivity index (χ1) is 7.63. The number of aromatic nitrogens is 1. The molecule has 1 aromatic heterocycles. The molecule has 1 aromatic rings. The maximum Gasteiger partial charge on any atom is 0.269 e. The summed E-state index contributed by atoms with van der Waals surface area (Å²) in [6.07, 6.45) is 2.67. The van der Waals surface area contributed by atoms with Gasteiger partial charge in [-0.05, 0) is 34.5 Å². The second kappa shape index (κ2) is 6.60. The third-order valence-electron chi connectivity index (χ3n) is 2.08. The lowest BCUT2D eigenvalue weighted by molar-refractivity contribution is 0.0905. The number of carbonyl (C=O) groups excluding carboxylic acids is 1. The molecule has 5 heteroatoms. The lowest BCUT2D eigenvalue weighted by Crippen LogP contribution is -2.32. The highest BCUT2D eigenvalue weighted by molar-refractivity contribution is 9.10. The summed E-state index contributed by atoms with van der Waals surface area (Å²) < 4.78 is 0.829. The van der Waals surface area contributed by atoms with E-state index < -0.39 is 6.10 Å². The maximum atomic E-state index is 11.6. The number of halogens is 1. The molecule has 0 aromatic carbocycles. The van der Waals surface area contributed by atoms with E-state index >= 15 is 0 Å². The Kier molecular flexibility index (Phi) is 5.42. The number of nitrogens with one attached hydrogen (secondary N) is 1. The minimum Gasteiger partial charge on any atom is -0.391 e. The van der Waals surface area contributed by atoms with Crippen LogP contribution in [-0.4, -0.2) is 28.6 Å². The van der Waals surface area contributed by atoms with Gasteiger partial charge in [-0.3, -0.25) is 4.79 Å². The fourth-order valence-corrected chi connectivity index (χ4v) is 1.48. The Morgan fingerprint density at radius 1 is 1.62 bits per heavy atom. The number of carbonyl (C=O) groups is 1. The monoisotopic (exact) mass is 286 g/mol. The fraction of sp³-hybridized carbons (Fsp3) is 0.455. The van der Waals surface area contributed by atoms with Gasteiger partial charge in [-0.25, -0.2) is 4.98 Å². The van der Waals surface area contributed by atoms with E-state index in [1.807, 2.05) is 6.92 Å². The predicted molar refractivity (Wildman–Crippen MR) is 65.2 cm³/mol. The molecule has 1 unspecified atom stereocenters. The van der Waals surface area contributed by atoms with Gasteiger partial charge in [0.1, 0.15) is 5.69 Å². The van der Waals surface area contributed by atoms with E-state index in [-0.39, 0.29) is 12.5 Å². The highest BCUT2D eigenvalue weighted by Crippen LogP contribution is 2.07. The van der Waals surface area contributed by atoms with Gasteiger partial charge in [0.05, 0.1) is 6.10 Å². The summed E-state index contributed by atoms with van der Waals surface area (Å²) in [6, 6.07) is 3.38. The van der Waals surface area contributed by atoms with Crippen molar-refractivity contribution in [2.24, 2.45) is 0 Å². The van der Waals surface area contributed by atoms with Crippen molar-refractivity contribution in [1.29, 1.82) is 0 Å². The van der Waals surface area contributed by atoms with E-state index in [1.165, 1.54) is 0 Å². The van der Waals surface area contributed by atoms with Crippen LogP contribution >= 0.6 is 15.9 Å². The van der Waals surface area contributed by atoms with Crippen LogP contribution in [0, 0.1) is 0 Å². The number of amides is 1. The molecular weight excluding hydrogens is 272 g/mol. The van der Waals surface area contributed by atoms with Gasteiger partial charge in [0.25, 0.3) is 5.91 Å². The Morgan fingerprint density at radius 2 is 2.38 bits per heavy atom. The highest BCUT2D eigenvalue weighted by atomic mass is 79.9. The molecule has 88 valence electrons. The van der Waals surface area contributed by atoms with Crippen LogP contribution in [-0.2, 0) is 0 Å². The summed E-state index contributed by atoms with van der Waals surface area (Å²) in [4.78, 5) is 15.5. The Balaban J connectivity index is 2.43. The van der Waals surface area contributed by atoms with E-state index in [0.717, 1.165) is 10.9 Å². The number of aliphatic hydroxyl groups excluding tert-OH is 1. The minimum atomic E-state index is -0.482. The van der Waals surface area contributed by atoms with E-state index in [0.29, 0.717) is 12.1 Å². The zero-order valence-electron chi connectivity index (χ0n) is 9.11. The first-order valence-electron chi connectivity index (χ1n) is 5.21. The average molecular weight is 287 g/mol. The van der Waals surface area contributed by atoms with E-state index in [1.54, 1.807) is 18.3 Å². The van der Waals surface area contributed by atoms with Crippen molar-refractivity contribution < 1.29 is 9.90 Å². The van der Waals surface area contributed by atoms with Gasteiger partial charge in [-0.15, -0.1) is 0 Å². The fourth-order valence-electron chi connectivity index (χ4n) is 1.25. The second-order valence-corrected chi connectivity index (χ2v) is 4.43. The summed E-state index contributed by atoms with van der Waals surface area (Å²) in [5.74, 6) is -0.261. The smallest absolute Gasteiger partial charge is 0.269 e. The van der Waals surface area contributed by atoms with Gasteiger partial charge in [0.15, 0.2) is 0 Å². The summed E-state index contributed by atoms with van der Waals surface area (Å²) in [5.41, 5.74) is 0.354. The zero-order chi connectivity index (χ0) is 12.0. The van der Waals surface area contributed by atoms with Crippen LogP contribution in [0.5, 0.6) is 0 Å². The topological polar surface area (TPSA) is 62.2 Å². The molecule has 0 bridgehead atoms. The first-order valence-corrected chi connectivity index (χ1v) is 6.00. The molecule has 2 N–H and O–H groups in total. The lowest BCUT2D eigenvalue weighted by Gasteiger charge is -2.10. The van der Waals surface area contributed by atoms with Crippen LogP contribution < -0.4 is 5.32 Å². The standard InChI is InChI=1S/C11H15BrN2O2/c1-2-3-9(15)7-14-11(16)10-5-4-8(12)6-13-10/h4-6,9,15H,2-3,7H2,1H3,(H,14,16). The molecule has 0 aliphatic carbocycles. The van der Waals surface area contributed by atoms with E-state index in [2.05, 4.69) is 26.2 Å². The molecule has 1 heterocycles. The van der Waals surface area contributed by atoms with Crippen LogP contribution in [0.3, 0.4) is 0 Å². The van der Waals surface area contributed by atoms with Gasteiger partial charge < -0.3 is 10.4 Å². The van der Waals surface area contributed by atoms with Crippen molar-refractivity contribution in [3.05, 3.63) is 28.5 Å². The molecule has 1 rings (SSSR count). The molecule has 0 aliphatic rings.